The Balaban J connectivity index is 2.13. The lowest BCUT2D eigenvalue weighted by Gasteiger charge is -2.30. The van der Waals surface area contributed by atoms with Crippen LogP contribution in [0, 0.1) is 11.3 Å². The Bertz CT molecular complexity index is 415. The molecule has 24 heavy (non-hydrogen) atoms. The van der Waals surface area contributed by atoms with E-state index in [1.165, 1.54) is 45.2 Å². The lowest BCUT2D eigenvalue weighted by Crippen LogP contribution is -2.32. The van der Waals surface area contributed by atoms with Crippen molar-refractivity contribution in [2.45, 2.75) is 66.2 Å². The van der Waals surface area contributed by atoms with Crippen LogP contribution < -0.4 is 4.74 Å². The third-order valence-electron chi connectivity index (χ3n) is 4.89. The lowest BCUT2D eigenvalue weighted by molar-refractivity contribution is 0.179. The van der Waals surface area contributed by atoms with Gasteiger partial charge in [-0.2, -0.15) is 0 Å². The van der Waals surface area contributed by atoms with E-state index in [9.17, 15) is 0 Å². The lowest BCUT2D eigenvalue weighted by atomic mass is 9.87. The van der Waals surface area contributed by atoms with Crippen LogP contribution in [0.1, 0.15) is 66.2 Å². The fraction of sp³-hybridized carbons (Fsp3) is 0.727. The van der Waals surface area contributed by atoms with Crippen LogP contribution in [0.2, 0.25) is 0 Å². The van der Waals surface area contributed by atoms with Gasteiger partial charge in [-0.3, -0.25) is 0 Å². The SMILES string of the molecule is CCC(C)CCCCN(C)CC(C)(C)CCCOc1ccccc1. The van der Waals surface area contributed by atoms with E-state index in [-0.39, 0.29) is 0 Å². The molecule has 1 rings (SSSR count). The van der Waals surface area contributed by atoms with Gasteiger partial charge in [0.25, 0.3) is 0 Å². The molecule has 1 aromatic carbocycles. The van der Waals surface area contributed by atoms with Gasteiger partial charge in [-0.25, -0.2) is 0 Å². The largest absolute Gasteiger partial charge is 0.494 e. The van der Waals surface area contributed by atoms with Crippen LogP contribution >= 0.6 is 0 Å². The predicted molar refractivity (Wildman–Crippen MR) is 106 cm³/mol. The molecule has 1 unspecified atom stereocenters. The first-order valence-electron chi connectivity index (χ1n) is 9.79. The summed E-state index contributed by atoms with van der Waals surface area (Å²) in [5, 5.41) is 0. The monoisotopic (exact) mass is 333 g/mol. The van der Waals surface area contributed by atoms with E-state index in [4.69, 9.17) is 4.74 Å². The highest BCUT2D eigenvalue weighted by Gasteiger charge is 2.19. The molecule has 0 bridgehead atoms. The van der Waals surface area contributed by atoms with Gasteiger partial charge in [-0.15, -0.1) is 0 Å². The molecule has 0 radical (unpaired) electrons. The van der Waals surface area contributed by atoms with Crippen LogP contribution in [0.4, 0.5) is 0 Å². The van der Waals surface area contributed by atoms with Gasteiger partial charge >= 0.3 is 0 Å². The number of benzene rings is 1. The fourth-order valence-corrected chi connectivity index (χ4v) is 3.22. The van der Waals surface area contributed by atoms with Crippen LogP contribution in [-0.2, 0) is 0 Å². The molecule has 1 atom stereocenters. The van der Waals surface area contributed by atoms with Gasteiger partial charge in [0, 0.05) is 6.54 Å². The van der Waals surface area contributed by atoms with E-state index in [0.29, 0.717) is 5.41 Å². The first-order valence-corrected chi connectivity index (χ1v) is 9.79. The van der Waals surface area contributed by atoms with Crippen molar-refractivity contribution in [1.29, 1.82) is 0 Å². The minimum Gasteiger partial charge on any atom is -0.494 e. The molecule has 0 fully saturated rings. The molecule has 0 aliphatic heterocycles. The molecular weight excluding hydrogens is 294 g/mol. The number of nitrogens with zero attached hydrogens (tertiary/aromatic N) is 1. The number of unbranched alkanes of at least 4 members (excludes halogenated alkanes) is 1. The Morgan fingerprint density at radius 2 is 1.79 bits per heavy atom. The molecule has 0 saturated heterocycles. The molecular formula is C22H39NO. The minimum atomic E-state index is 0.353. The molecule has 0 amide bonds. The first kappa shape index (κ1) is 21.0. The van der Waals surface area contributed by atoms with E-state index in [1.54, 1.807) is 0 Å². The maximum atomic E-state index is 5.81. The minimum absolute atomic E-state index is 0.353. The number of para-hydroxylation sites is 1. The molecule has 0 aromatic heterocycles. The first-order chi connectivity index (χ1) is 11.4. The highest BCUT2D eigenvalue weighted by molar-refractivity contribution is 5.20. The van der Waals surface area contributed by atoms with E-state index in [0.717, 1.165) is 24.7 Å². The Hall–Kier alpha value is -1.02. The van der Waals surface area contributed by atoms with Crippen LogP contribution in [-0.4, -0.2) is 31.6 Å². The summed E-state index contributed by atoms with van der Waals surface area (Å²) < 4.78 is 5.81. The van der Waals surface area contributed by atoms with Crippen LogP contribution in [0.5, 0.6) is 5.75 Å². The quantitative estimate of drug-likeness (QED) is 0.409. The number of rotatable bonds is 13. The Kier molecular flexibility index (Phi) is 10.1. The van der Waals surface area contributed by atoms with Crippen molar-refractivity contribution < 1.29 is 4.74 Å². The Morgan fingerprint density at radius 3 is 2.46 bits per heavy atom. The van der Waals surface area contributed by atoms with Crippen molar-refractivity contribution in [2.24, 2.45) is 11.3 Å². The van der Waals surface area contributed by atoms with Gasteiger partial charge in [0.1, 0.15) is 5.75 Å². The average Bonchev–Trinajstić information content (AvgIpc) is 2.56. The van der Waals surface area contributed by atoms with E-state index in [2.05, 4.69) is 39.6 Å². The summed E-state index contributed by atoms with van der Waals surface area (Å²) in [6.45, 7) is 12.6. The van der Waals surface area contributed by atoms with Gasteiger partial charge in [-0.05, 0) is 56.3 Å². The Morgan fingerprint density at radius 1 is 1.08 bits per heavy atom. The van der Waals surface area contributed by atoms with Gasteiger partial charge in [0.2, 0.25) is 0 Å². The molecule has 0 aliphatic rings. The summed E-state index contributed by atoms with van der Waals surface area (Å²) in [4.78, 5) is 2.51. The van der Waals surface area contributed by atoms with Crippen LogP contribution in [0.15, 0.2) is 30.3 Å². The molecule has 0 spiro atoms. The van der Waals surface area contributed by atoms with Gasteiger partial charge in [0.15, 0.2) is 0 Å². The standard InChI is InChI=1S/C22H39NO/c1-6-20(2)13-10-11-17-23(5)19-22(3,4)16-12-18-24-21-14-8-7-9-15-21/h7-9,14-15,20H,6,10-13,16-19H2,1-5H3. The fourth-order valence-electron chi connectivity index (χ4n) is 3.22. The second-order valence-corrected chi connectivity index (χ2v) is 8.18. The van der Waals surface area contributed by atoms with E-state index < -0.39 is 0 Å². The topological polar surface area (TPSA) is 12.5 Å². The zero-order valence-electron chi connectivity index (χ0n) is 16.7. The van der Waals surface area contributed by atoms with Gasteiger partial charge in [0.05, 0.1) is 6.61 Å². The van der Waals surface area contributed by atoms with Crippen molar-refractivity contribution >= 4 is 0 Å². The van der Waals surface area contributed by atoms with Crippen molar-refractivity contribution in [3.8, 4) is 5.75 Å². The summed E-state index contributed by atoms with van der Waals surface area (Å²) in [6.07, 6.45) is 7.71. The van der Waals surface area contributed by atoms with E-state index >= 15 is 0 Å². The van der Waals surface area contributed by atoms with Crippen LogP contribution in [0.25, 0.3) is 0 Å². The third-order valence-corrected chi connectivity index (χ3v) is 4.89. The molecule has 0 N–H and O–H groups in total. The molecule has 2 heteroatoms. The van der Waals surface area contributed by atoms with Crippen molar-refractivity contribution in [2.75, 3.05) is 26.7 Å². The molecule has 138 valence electrons. The van der Waals surface area contributed by atoms with Crippen molar-refractivity contribution in [3.05, 3.63) is 30.3 Å². The van der Waals surface area contributed by atoms with Gasteiger partial charge < -0.3 is 9.64 Å². The zero-order chi connectivity index (χ0) is 17.8. The number of hydrogen-bond donors (Lipinski definition) is 0. The predicted octanol–water partition coefficient (Wildman–Crippen LogP) is 6.02. The molecule has 1 aromatic rings. The number of hydrogen-bond acceptors (Lipinski definition) is 2. The summed E-state index contributed by atoms with van der Waals surface area (Å²) >= 11 is 0. The van der Waals surface area contributed by atoms with E-state index in [1.807, 2.05) is 30.3 Å². The second-order valence-electron chi connectivity index (χ2n) is 8.18. The number of ether oxygens (including phenoxy) is 1. The smallest absolute Gasteiger partial charge is 0.119 e. The molecule has 0 aliphatic carbocycles. The van der Waals surface area contributed by atoms with Gasteiger partial charge in [-0.1, -0.05) is 65.2 Å². The summed E-state index contributed by atoms with van der Waals surface area (Å²) in [6, 6.07) is 10.1. The summed E-state index contributed by atoms with van der Waals surface area (Å²) in [7, 11) is 2.27. The second kappa shape index (κ2) is 11.5. The van der Waals surface area contributed by atoms with Crippen molar-refractivity contribution in [3.63, 3.8) is 0 Å². The van der Waals surface area contributed by atoms with Crippen LogP contribution in [0.3, 0.4) is 0 Å². The Labute approximate surface area is 150 Å². The average molecular weight is 334 g/mol. The third kappa shape index (κ3) is 9.97. The molecule has 2 nitrogen and oxygen atoms in total. The zero-order valence-corrected chi connectivity index (χ0v) is 16.7. The molecule has 0 saturated carbocycles. The maximum absolute atomic E-state index is 5.81. The maximum Gasteiger partial charge on any atom is 0.119 e. The van der Waals surface area contributed by atoms with Crippen molar-refractivity contribution in [1.82, 2.24) is 4.90 Å². The summed E-state index contributed by atoms with van der Waals surface area (Å²) in [5.74, 6) is 1.87. The highest BCUT2D eigenvalue weighted by Crippen LogP contribution is 2.24. The summed E-state index contributed by atoms with van der Waals surface area (Å²) in [5.41, 5.74) is 0.353. The highest BCUT2D eigenvalue weighted by atomic mass is 16.5. The molecule has 0 heterocycles. The normalized spacial score (nSPS) is 13.2.